The maximum atomic E-state index is 11.7. The average Bonchev–Trinajstić information content (AvgIpc) is 2.63. The van der Waals surface area contributed by atoms with Crippen molar-refractivity contribution in [2.75, 3.05) is 42.2 Å². The molecule has 0 unspecified atom stereocenters. The van der Waals surface area contributed by atoms with E-state index in [-0.39, 0.29) is 5.56 Å². The molecule has 2 N–H and O–H groups in total. The molecule has 3 rings (SSSR count). The summed E-state index contributed by atoms with van der Waals surface area (Å²) in [4.78, 5) is 22.5. The second-order valence-corrected chi connectivity index (χ2v) is 6.00. The Morgan fingerprint density at radius 3 is 2.83 bits per heavy atom. The van der Waals surface area contributed by atoms with Gasteiger partial charge in [-0.15, -0.1) is 0 Å². The van der Waals surface area contributed by atoms with Crippen LogP contribution >= 0.6 is 0 Å². The molecule has 1 aliphatic heterocycles. The molecule has 0 atom stereocenters. The third kappa shape index (κ3) is 3.81. The van der Waals surface area contributed by atoms with Crippen LogP contribution in [0.3, 0.4) is 0 Å². The van der Waals surface area contributed by atoms with Crippen LogP contribution in [0.1, 0.15) is 12.8 Å². The average molecular weight is 329 g/mol. The summed E-state index contributed by atoms with van der Waals surface area (Å²) in [6.07, 6.45) is 5.63. The highest BCUT2D eigenvalue weighted by atomic mass is 16.1. The van der Waals surface area contributed by atoms with E-state index in [0.717, 1.165) is 44.0 Å². The van der Waals surface area contributed by atoms with Gasteiger partial charge >= 0.3 is 0 Å². The van der Waals surface area contributed by atoms with Crippen molar-refractivity contribution in [1.82, 2.24) is 19.7 Å². The van der Waals surface area contributed by atoms with E-state index in [1.807, 2.05) is 13.1 Å². The van der Waals surface area contributed by atoms with Crippen molar-refractivity contribution in [3.8, 4) is 0 Å². The van der Waals surface area contributed by atoms with Crippen LogP contribution in [0.25, 0.3) is 0 Å². The fourth-order valence-electron chi connectivity index (χ4n) is 2.85. The number of rotatable bonds is 5. The van der Waals surface area contributed by atoms with Gasteiger partial charge in [0.25, 0.3) is 5.56 Å². The molecule has 3 heterocycles. The predicted octanol–water partition coefficient (Wildman–Crippen LogP) is 0.940. The van der Waals surface area contributed by atoms with Crippen molar-refractivity contribution in [1.29, 1.82) is 0 Å². The zero-order chi connectivity index (χ0) is 16.9. The largest absolute Gasteiger partial charge is 0.373 e. The lowest BCUT2D eigenvalue weighted by molar-refractivity contribution is 0.422. The topological polar surface area (TPSA) is 88.0 Å². The molecule has 0 radical (unpaired) electrons. The number of aromatic nitrogens is 4. The minimum absolute atomic E-state index is 0.0714. The molecule has 0 amide bonds. The number of hydrogen-bond donors (Lipinski definition) is 2. The second kappa shape index (κ2) is 7.29. The van der Waals surface area contributed by atoms with Crippen LogP contribution in [0.5, 0.6) is 0 Å². The Bertz CT molecular complexity index is 737. The lowest BCUT2D eigenvalue weighted by Crippen LogP contribution is -2.37. The molecular weight excluding hydrogens is 306 g/mol. The molecule has 1 fully saturated rings. The first-order valence-corrected chi connectivity index (χ1v) is 8.18. The number of aryl methyl sites for hydroxylation is 1. The summed E-state index contributed by atoms with van der Waals surface area (Å²) in [5.41, 5.74) is 0.840. The Labute approximate surface area is 140 Å². The van der Waals surface area contributed by atoms with E-state index >= 15 is 0 Å². The maximum Gasteiger partial charge on any atom is 0.268 e. The summed E-state index contributed by atoms with van der Waals surface area (Å²) in [6, 6.07) is 3.49. The van der Waals surface area contributed by atoms with Crippen molar-refractivity contribution >= 4 is 17.5 Å². The fraction of sp³-hybridized carbons (Fsp3) is 0.500. The molecule has 1 aliphatic rings. The first-order valence-electron chi connectivity index (χ1n) is 8.18. The molecule has 2 aromatic heterocycles. The number of nitrogens with one attached hydrogen (secondary N) is 2. The van der Waals surface area contributed by atoms with E-state index in [1.54, 1.807) is 25.5 Å². The van der Waals surface area contributed by atoms with Crippen LogP contribution in [0.15, 0.2) is 29.3 Å². The summed E-state index contributed by atoms with van der Waals surface area (Å²) in [5.74, 6) is 2.03. The lowest BCUT2D eigenvalue weighted by Gasteiger charge is -2.33. The van der Waals surface area contributed by atoms with Gasteiger partial charge < -0.3 is 15.5 Å². The van der Waals surface area contributed by atoms with E-state index < -0.39 is 0 Å². The van der Waals surface area contributed by atoms with Crippen LogP contribution < -0.4 is 21.1 Å². The van der Waals surface area contributed by atoms with Crippen LogP contribution in [0, 0.1) is 5.92 Å². The summed E-state index contributed by atoms with van der Waals surface area (Å²) in [6.45, 7) is 2.72. The van der Waals surface area contributed by atoms with Crippen LogP contribution in [0.4, 0.5) is 17.5 Å². The van der Waals surface area contributed by atoms with Crippen molar-refractivity contribution in [2.24, 2.45) is 13.0 Å². The van der Waals surface area contributed by atoms with Crippen LogP contribution in [-0.2, 0) is 7.05 Å². The third-order valence-electron chi connectivity index (χ3n) is 4.39. The predicted molar refractivity (Wildman–Crippen MR) is 94.5 cm³/mol. The van der Waals surface area contributed by atoms with E-state index in [2.05, 4.69) is 30.6 Å². The van der Waals surface area contributed by atoms with Crippen LogP contribution in [-0.4, -0.2) is 46.4 Å². The number of piperidine rings is 1. The molecule has 0 bridgehead atoms. The molecule has 2 aromatic rings. The normalized spacial score (nSPS) is 15.3. The smallest absolute Gasteiger partial charge is 0.268 e. The number of hydrogen-bond acceptors (Lipinski definition) is 7. The maximum absolute atomic E-state index is 11.7. The Hall–Kier alpha value is -2.64. The van der Waals surface area contributed by atoms with Gasteiger partial charge in [-0.3, -0.25) is 4.79 Å². The molecule has 0 spiro atoms. The Morgan fingerprint density at radius 2 is 2.12 bits per heavy atom. The second-order valence-electron chi connectivity index (χ2n) is 6.00. The molecule has 128 valence electrons. The Balaban J connectivity index is 1.51. The van der Waals surface area contributed by atoms with Crippen molar-refractivity contribution < 1.29 is 0 Å². The van der Waals surface area contributed by atoms with E-state index in [1.165, 1.54) is 4.68 Å². The molecule has 24 heavy (non-hydrogen) atoms. The minimum Gasteiger partial charge on any atom is -0.373 e. The van der Waals surface area contributed by atoms with Gasteiger partial charge in [0.05, 0.1) is 11.9 Å². The SMILES string of the molecule is CNc1ccnc(NCC2CCN(c3cnn(C)c(=O)c3)CC2)n1. The van der Waals surface area contributed by atoms with Crippen molar-refractivity contribution in [2.45, 2.75) is 12.8 Å². The summed E-state index contributed by atoms with van der Waals surface area (Å²) in [7, 11) is 3.50. The molecular formula is C16H23N7O. The van der Waals surface area contributed by atoms with Gasteiger partial charge in [-0.05, 0) is 24.8 Å². The molecule has 0 aliphatic carbocycles. The van der Waals surface area contributed by atoms with Gasteiger partial charge in [-0.1, -0.05) is 0 Å². The van der Waals surface area contributed by atoms with Crippen molar-refractivity contribution in [3.63, 3.8) is 0 Å². The fourth-order valence-corrected chi connectivity index (χ4v) is 2.85. The Kier molecular flexibility index (Phi) is 4.93. The van der Waals surface area contributed by atoms with Gasteiger partial charge in [0.15, 0.2) is 0 Å². The minimum atomic E-state index is -0.0714. The standard InChI is InChI=1S/C16H23N7O/c1-17-14-3-6-18-16(21-14)19-10-12-4-7-23(8-5-12)13-9-15(24)22(2)20-11-13/h3,6,9,11-12H,4-5,7-8,10H2,1-2H3,(H2,17,18,19,21). The van der Waals surface area contributed by atoms with Gasteiger partial charge in [0, 0.05) is 46.0 Å². The quantitative estimate of drug-likeness (QED) is 0.844. The third-order valence-corrected chi connectivity index (χ3v) is 4.39. The monoisotopic (exact) mass is 329 g/mol. The van der Waals surface area contributed by atoms with Crippen molar-refractivity contribution in [3.05, 3.63) is 34.9 Å². The molecule has 0 aromatic carbocycles. The molecule has 1 saturated heterocycles. The highest BCUT2D eigenvalue weighted by Gasteiger charge is 2.20. The first-order chi connectivity index (χ1) is 11.7. The van der Waals surface area contributed by atoms with E-state index in [9.17, 15) is 4.79 Å². The zero-order valence-corrected chi connectivity index (χ0v) is 14.1. The van der Waals surface area contributed by atoms with E-state index in [0.29, 0.717) is 11.9 Å². The van der Waals surface area contributed by atoms with Gasteiger partial charge in [0.1, 0.15) is 5.82 Å². The first kappa shape index (κ1) is 16.2. The molecule has 8 heteroatoms. The van der Waals surface area contributed by atoms with Gasteiger partial charge in [-0.25, -0.2) is 9.67 Å². The highest BCUT2D eigenvalue weighted by Crippen LogP contribution is 2.22. The lowest BCUT2D eigenvalue weighted by atomic mass is 9.96. The highest BCUT2D eigenvalue weighted by molar-refractivity contribution is 5.43. The molecule has 8 nitrogen and oxygen atoms in total. The zero-order valence-electron chi connectivity index (χ0n) is 14.1. The Morgan fingerprint density at radius 1 is 1.33 bits per heavy atom. The summed E-state index contributed by atoms with van der Waals surface area (Å²) < 4.78 is 1.35. The summed E-state index contributed by atoms with van der Waals surface area (Å²) in [5, 5.41) is 10.4. The van der Waals surface area contributed by atoms with Gasteiger partial charge in [0.2, 0.25) is 5.95 Å². The van der Waals surface area contributed by atoms with E-state index in [4.69, 9.17) is 0 Å². The van der Waals surface area contributed by atoms with Gasteiger partial charge in [-0.2, -0.15) is 10.1 Å². The summed E-state index contributed by atoms with van der Waals surface area (Å²) >= 11 is 0. The number of nitrogens with zero attached hydrogens (tertiary/aromatic N) is 5. The number of anilines is 3. The molecule has 0 saturated carbocycles. The van der Waals surface area contributed by atoms with Crippen LogP contribution in [0.2, 0.25) is 0 Å².